The fourth-order valence-electron chi connectivity index (χ4n) is 3.41. The molecule has 1 atom stereocenters. The number of hydrogen-bond acceptors (Lipinski definition) is 4. The third-order valence-corrected chi connectivity index (χ3v) is 5.32. The first kappa shape index (κ1) is 22.2. The molecule has 2 aromatic rings. The summed E-state index contributed by atoms with van der Waals surface area (Å²) in [4.78, 5) is 25.3. The van der Waals surface area contributed by atoms with Gasteiger partial charge in [0.2, 0.25) is 0 Å². The van der Waals surface area contributed by atoms with E-state index >= 15 is 0 Å². The molecule has 1 N–H and O–H groups in total. The molecule has 2 aromatic carbocycles. The van der Waals surface area contributed by atoms with Crippen molar-refractivity contribution in [1.29, 1.82) is 0 Å². The Morgan fingerprint density at radius 1 is 1.03 bits per heavy atom. The first-order chi connectivity index (χ1) is 14.3. The van der Waals surface area contributed by atoms with Crippen LogP contribution in [0.5, 0.6) is 11.5 Å². The van der Waals surface area contributed by atoms with Crippen molar-refractivity contribution in [3.63, 3.8) is 0 Å². The largest absolute Gasteiger partial charge is 0.482 e. The summed E-state index contributed by atoms with van der Waals surface area (Å²) in [5.41, 5.74) is 1.43. The average molecular weight is 452 g/mol. The van der Waals surface area contributed by atoms with Gasteiger partial charge in [0, 0.05) is 40.7 Å². The number of likely N-dealkylation sites (tertiary alicyclic amines) is 1. The zero-order valence-electron chi connectivity index (χ0n) is 16.6. The molecule has 0 radical (unpaired) electrons. The van der Waals surface area contributed by atoms with Gasteiger partial charge in [0.05, 0.1) is 0 Å². The fourth-order valence-corrected chi connectivity index (χ4v) is 3.80. The Labute approximate surface area is 185 Å². The molecule has 1 amide bonds. The van der Waals surface area contributed by atoms with E-state index in [0.29, 0.717) is 33.5 Å². The highest BCUT2D eigenvalue weighted by molar-refractivity contribution is 6.31. The molecule has 0 aromatic heterocycles. The molecule has 1 saturated heterocycles. The summed E-state index contributed by atoms with van der Waals surface area (Å²) >= 11 is 12.3. The van der Waals surface area contributed by atoms with Crippen molar-refractivity contribution < 1.29 is 24.2 Å². The zero-order valence-corrected chi connectivity index (χ0v) is 18.1. The van der Waals surface area contributed by atoms with Gasteiger partial charge in [0.25, 0.3) is 5.91 Å². The Balaban J connectivity index is 1.83. The van der Waals surface area contributed by atoms with Crippen LogP contribution < -0.4 is 9.47 Å². The number of carbonyl (C=O) groups is 2. The van der Waals surface area contributed by atoms with Crippen LogP contribution in [-0.4, -0.2) is 47.7 Å². The Bertz CT molecular complexity index is 928. The van der Waals surface area contributed by atoms with Crippen molar-refractivity contribution in [3.05, 3.63) is 57.6 Å². The van der Waals surface area contributed by atoms with Crippen LogP contribution in [-0.2, 0) is 16.0 Å². The van der Waals surface area contributed by atoms with Crippen LogP contribution in [0.3, 0.4) is 0 Å². The van der Waals surface area contributed by atoms with Gasteiger partial charge in [-0.2, -0.15) is 0 Å². The minimum atomic E-state index is -1.07. The lowest BCUT2D eigenvalue weighted by atomic mass is 10.0. The summed E-state index contributed by atoms with van der Waals surface area (Å²) < 4.78 is 11.4. The number of carbonyl (C=O) groups excluding carboxylic acids is 1. The minimum absolute atomic E-state index is 0.0402. The molecule has 3 rings (SSSR count). The summed E-state index contributed by atoms with van der Waals surface area (Å²) in [6, 6.07) is 10.2. The maximum atomic E-state index is 12.6. The van der Waals surface area contributed by atoms with Crippen molar-refractivity contribution in [2.24, 2.45) is 0 Å². The normalized spacial score (nSPS) is 14.4. The number of amides is 1. The molecule has 0 spiro atoms. The van der Waals surface area contributed by atoms with E-state index in [9.17, 15) is 9.59 Å². The quantitative estimate of drug-likeness (QED) is 0.641. The Morgan fingerprint density at radius 2 is 1.60 bits per heavy atom. The van der Waals surface area contributed by atoms with Crippen molar-refractivity contribution in [1.82, 2.24) is 4.90 Å². The van der Waals surface area contributed by atoms with Gasteiger partial charge in [-0.15, -0.1) is 0 Å². The maximum absolute atomic E-state index is 12.6. The van der Waals surface area contributed by atoms with Gasteiger partial charge < -0.3 is 19.5 Å². The summed E-state index contributed by atoms with van der Waals surface area (Å²) in [6.45, 7) is 2.79. The van der Waals surface area contributed by atoms with Gasteiger partial charge in [0.15, 0.2) is 12.7 Å². The predicted molar refractivity (Wildman–Crippen MR) is 115 cm³/mol. The zero-order chi connectivity index (χ0) is 21.7. The SMILES string of the molecule is C[C@H](Oc1ccc(Cl)cc1Cc1cc(Cl)ccc1OCC(=O)O)C(=O)N1CCCC1. The number of carboxylic acid groups (broad SMARTS) is 1. The van der Waals surface area contributed by atoms with E-state index in [1.165, 1.54) is 0 Å². The van der Waals surface area contributed by atoms with Gasteiger partial charge in [-0.1, -0.05) is 23.2 Å². The van der Waals surface area contributed by atoms with Crippen LogP contribution in [0.15, 0.2) is 36.4 Å². The molecule has 30 heavy (non-hydrogen) atoms. The topological polar surface area (TPSA) is 76.1 Å². The number of ether oxygens (including phenoxy) is 2. The van der Waals surface area contributed by atoms with Crippen molar-refractivity contribution in [3.8, 4) is 11.5 Å². The number of hydrogen-bond donors (Lipinski definition) is 1. The third kappa shape index (κ3) is 5.80. The molecule has 1 aliphatic rings. The molecule has 1 fully saturated rings. The smallest absolute Gasteiger partial charge is 0.341 e. The molecule has 0 saturated carbocycles. The molecule has 1 heterocycles. The molecule has 8 heteroatoms. The van der Waals surface area contributed by atoms with Crippen molar-refractivity contribution in [2.45, 2.75) is 32.3 Å². The third-order valence-electron chi connectivity index (χ3n) is 4.85. The number of benzene rings is 2. The van der Waals surface area contributed by atoms with E-state index in [4.69, 9.17) is 37.8 Å². The number of carboxylic acids is 1. The molecule has 0 aliphatic carbocycles. The second-order valence-electron chi connectivity index (χ2n) is 7.16. The van der Waals surface area contributed by atoms with Gasteiger partial charge >= 0.3 is 5.97 Å². The highest BCUT2D eigenvalue weighted by Gasteiger charge is 2.25. The van der Waals surface area contributed by atoms with Crippen molar-refractivity contribution in [2.75, 3.05) is 19.7 Å². The maximum Gasteiger partial charge on any atom is 0.341 e. The lowest BCUT2D eigenvalue weighted by molar-refractivity contribution is -0.139. The summed E-state index contributed by atoms with van der Waals surface area (Å²) in [6.07, 6.45) is 1.73. The van der Waals surface area contributed by atoms with Gasteiger partial charge in [-0.25, -0.2) is 4.79 Å². The fraction of sp³-hybridized carbons (Fsp3) is 0.364. The van der Waals surface area contributed by atoms with Crippen LogP contribution >= 0.6 is 23.2 Å². The average Bonchev–Trinajstić information content (AvgIpc) is 3.23. The molecule has 160 valence electrons. The molecular weight excluding hydrogens is 429 g/mol. The lowest BCUT2D eigenvalue weighted by Crippen LogP contribution is -2.38. The van der Waals surface area contributed by atoms with Crippen LogP contribution in [0.2, 0.25) is 10.0 Å². The van der Waals surface area contributed by atoms with E-state index in [0.717, 1.165) is 31.5 Å². The van der Waals surface area contributed by atoms with Gasteiger partial charge in [-0.05, 0) is 56.2 Å². The minimum Gasteiger partial charge on any atom is -0.482 e. The second kappa shape index (κ2) is 10.0. The van der Waals surface area contributed by atoms with E-state index in [2.05, 4.69) is 0 Å². The second-order valence-corrected chi connectivity index (χ2v) is 8.03. The Morgan fingerprint density at radius 3 is 2.20 bits per heavy atom. The standard InChI is InChI=1S/C22H23Cl2NO5/c1-14(22(28)25-8-2-3-9-25)30-20-7-5-18(24)12-16(20)10-15-11-17(23)4-6-19(15)29-13-21(26)27/h4-7,11-12,14H,2-3,8-10,13H2,1H3,(H,26,27)/t14-/m0/s1. The van der Waals surface area contributed by atoms with Crippen molar-refractivity contribution >= 4 is 35.1 Å². The highest BCUT2D eigenvalue weighted by atomic mass is 35.5. The van der Waals surface area contributed by atoms with E-state index in [1.54, 1.807) is 43.3 Å². The van der Waals surface area contributed by atoms with Crippen LogP contribution in [0.1, 0.15) is 30.9 Å². The molecule has 6 nitrogen and oxygen atoms in total. The Kier molecular flexibility index (Phi) is 7.45. The highest BCUT2D eigenvalue weighted by Crippen LogP contribution is 2.31. The summed E-state index contributed by atoms with van der Waals surface area (Å²) in [7, 11) is 0. The monoisotopic (exact) mass is 451 g/mol. The van der Waals surface area contributed by atoms with Crippen LogP contribution in [0.25, 0.3) is 0 Å². The summed E-state index contributed by atoms with van der Waals surface area (Å²) in [5, 5.41) is 9.92. The van der Waals surface area contributed by atoms with Crippen LogP contribution in [0.4, 0.5) is 0 Å². The first-order valence-electron chi connectivity index (χ1n) is 9.70. The first-order valence-corrected chi connectivity index (χ1v) is 10.5. The molecule has 0 unspecified atom stereocenters. The van der Waals surface area contributed by atoms with Gasteiger partial charge in [0.1, 0.15) is 11.5 Å². The summed E-state index contributed by atoms with van der Waals surface area (Å²) in [5.74, 6) is -0.170. The van der Waals surface area contributed by atoms with E-state index < -0.39 is 18.7 Å². The van der Waals surface area contributed by atoms with E-state index in [1.807, 2.05) is 4.90 Å². The van der Waals surface area contributed by atoms with E-state index in [-0.39, 0.29) is 5.91 Å². The molecule has 0 bridgehead atoms. The van der Waals surface area contributed by atoms with Crippen LogP contribution in [0, 0.1) is 0 Å². The number of halogens is 2. The molecular formula is C22H23Cl2NO5. The Hall–Kier alpha value is -2.44. The predicted octanol–water partition coefficient (Wildman–Crippen LogP) is 4.44. The number of rotatable bonds is 8. The number of aliphatic carboxylic acids is 1. The molecule has 1 aliphatic heterocycles. The lowest BCUT2D eigenvalue weighted by Gasteiger charge is -2.22. The number of nitrogens with zero attached hydrogens (tertiary/aromatic N) is 1. The van der Waals surface area contributed by atoms with Gasteiger partial charge in [-0.3, -0.25) is 4.79 Å².